The van der Waals surface area contributed by atoms with Crippen molar-refractivity contribution in [2.24, 2.45) is 11.8 Å². The zero-order valence-corrected chi connectivity index (χ0v) is 15.8. The molecule has 1 N–H and O–H groups in total. The quantitative estimate of drug-likeness (QED) is 0.369. The van der Waals surface area contributed by atoms with Crippen LogP contribution in [0.1, 0.15) is 60.8 Å². The van der Waals surface area contributed by atoms with E-state index in [2.05, 4.69) is 33.8 Å². The molecule has 1 fully saturated rings. The summed E-state index contributed by atoms with van der Waals surface area (Å²) < 4.78 is 11.7. The average Bonchev–Trinajstić information content (AvgIpc) is 3.17. The molecule has 0 aromatic heterocycles. The molecule has 1 aliphatic carbocycles. The smallest absolute Gasteiger partial charge is 0.333 e. The van der Waals surface area contributed by atoms with Crippen LogP contribution in [0.25, 0.3) is 0 Å². The Bertz CT molecular complexity index is 534. The first-order chi connectivity index (χ1) is 11.2. The lowest BCUT2D eigenvalue weighted by Crippen LogP contribution is -2.43. The van der Waals surface area contributed by atoms with Gasteiger partial charge in [0, 0.05) is 17.9 Å². The van der Waals surface area contributed by atoms with E-state index in [1.807, 2.05) is 6.92 Å². The van der Waals surface area contributed by atoms with Gasteiger partial charge in [-0.15, -0.1) is 0 Å². The van der Waals surface area contributed by atoms with E-state index in [1.54, 1.807) is 13.0 Å². The number of epoxide rings is 1. The van der Waals surface area contributed by atoms with E-state index in [0.29, 0.717) is 12.0 Å². The largest absolute Gasteiger partial charge is 0.458 e. The summed E-state index contributed by atoms with van der Waals surface area (Å²) in [7, 11) is 0. The van der Waals surface area contributed by atoms with Crippen molar-refractivity contribution in [3.05, 3.63) is 23.3 Å². The Morgan fingerprint density at radius 2 is 2.17 bits per heavy atom. The molecule has 24 heavy (non-hydrogen) atoms. The van der Waals surface area contributed by atoms with Crippen molar-refractivity contribution >= 4 is 5.97 Å². The van der Waals surface area contributed by atoms with Gasteiger partial charge in [-0.3, -0.25) is 0 Å². The van der Waals surface area contributed by atoms with Crippen LogP contribution in [0.3, 0.4) is 0 Å². The second kappa shape index (κ2) is 7.40. The number of ether oxygens (including phenoxy) is 2. The molecule has 0 spiro atoms. The van der Waals surface area contributed by atoms with Crippen LogP contribution in [0.2, 0.25) is 0 Å². The molecule has 0 aromatic carbocycles. The van der Waals surface area contributed by atoms with Gasteiger partial charge in [0.2, 0.25) is 0 Å². The summed E-state index contributed by atoms with van der Waals surface area (Å²) in [5.74, 6) is -0.263. The van der Waals surface area contributed by atoms with Gasteiger partial charge < -0.3 is 14.6 Å². The first-order valence-corrected chi connectivity index (χ1v) is 9.05. The van der Waals surface area contributed by atoms with Gasteiger partial charge in [-0.2, -0.15) is 0 Å². The Hall–Kier alpha value is -1.13. The molecule has 0 amide bonds. The summed E-state index contributed by atoms with van der Waals surface area (Å²) in [6, 6.07) is 0. The predicted octanol–water partition coefficient (Wildman–Crippen LogP) is 3.79. The molecule has 0 aromatic rings. The van der Waals surface area contributed by atoms with E-state index in [4.69, 9.17) is 9.47 Å². The third-order valence-electron chi connectivity index (χ3n) is 5.51. The van der Waals surface area contributed by atoms with E-state index in [1.165, 1.54) is 5.57 Å². The minimum atomic E-state index is -0.621. The second-order valence-corrected chi connectivity index (χ2v) is 7.87. The van der Waals surface area contributed by atoms with Crippen LogP contribution in [-0.2, 0) is 14.3 Å². The Balaban J connectivity index is 2.30. The molecule has 2 rings (SSSR count). The number of rotatable bonds is 3. The fraction of sp³-hybridized carbons (Fsp3) is 0.750. The van der Waals surface area contributed by atoms with Gasteiger partial charge in [0.1, 0.15) is 12.2 Å². The highest BCUT2D eigenvalue weighted by atomic mass is 16.6. The van der Waals surface area contributed by atoms with Crippen molar-refractivity contribution in [2.45, 2.75) is 84.7 Å². The highest BCUT2D eigenvalue weighted by Gasteiger charge is 2.58. The molecule has 0 unspecified atom stereocenters. The summed E-state index contributed by atoms with van der Waals surface area (Å²) in [4.78, 5) is 12.3. The standard InChI is InChI=1S/C20H32O4/c1-7-14(5)19(22)23-15-11-13(4)9-8-10-20(6)18(24-20)17(21)16(15)12(2)3/h7,9,12,15-18,21H,8,10-11H2,1-6H3/b13-9+,14-7-/t15-,16+,17+,18+,20-/m0/s1. The maximum Gasteiger partial charge on any atom is 0.333 e. The van der Waals surface area contributed by atoms with Crippen LogP contribution in [-0.4, -0.2) is 35.0 Å². The van der Waals surface area contributed by atoms with E-state index in [0.717, 1.165) is 12.8 Å². The zero-order valence-electron chi connectivity index (χ0n) is 15.8. The molecule has 4 heteroatoms. The Morgan fingerprint density at radius 3 is 2.75 bits per heavy atom. The lowest BCUT2D eigenvalue weighted by Gasteiger charge is -2.34. The zero-order chi connectivity index (χ0) is 18.1. The normalized spacial score (nSPS) is 39.7. The van der Waals surface area contributed by atoms with Gasteiger partial charge in [-0.1, -0.05) is 31.6 Å². The lowest BCUT2D eigenvalue weighted by atomic mass is 9.78. The number of hydrogen-bond acceptors (Lipinski definition) is 4. The van der Waals surface area contributed by atoms with Gasteiger partial charge >= 0.3 is 5.97 Å². The van der Waals surface area contributed by atoms with Crippen LogP contribution < -0.4 is 0 Å². The van der Waals surface area contributed by atoms with Crippen molar-refractivity contribution in [2.75, 3.05) is 0 Å². The fourth-order valence-corrected chi connectivity index (χ4v) is 3.74. The van der Waals surface area contributed by atoms with Gasteiger partial charge in [0.15, 0.2) is 0 Å². The maximum atomic E-state index is 12.3. The minimum Gasteiger partial charge on any atom is -0.458 e. The number of aliphatic hydroxyl groups is 1. The van der Waals surface area contributed by atoms with Crippen molar-refractivity contribution in [3.63, 3.8) is 0 Å². The molecule has 2 aliphatic rings. The van der Waals surface area contributed by atoms with E-state index in [-0.39, 0.29) is 35.6 Å². The number of fused-ring (bicyclic) bond motifs is 1. The number of esters is 1. The van der Waals surface area contributed by atoms with Crippen molar-refractivity contribution in [3.8, 4) is 0 Å². The average molecular weight is 336 g/mol. The van der Waals surface area contributed by atoms with E-state index in [9.17, 15) is 9.90 Å². The fourth-order valence-electron chi connectivity index (χ4n) is 3.74. The highest BCUT2D eigenvalue weighted by Crippen LogP contribution is 2.47. The number of allylic oxidation sites excluding steroid dienone is 2. The van der Waals surface area contributed by atoms with Crippen LogP contribution >= 0.6 is 0 Å². The van der Waals surface area contributed by atoms with E-state index < -0.39 is 6.10 Å². The summed E-state index contributed by atoms with van der Waals surface area (Å²) in [5, 5.41) is 11.0. The molecule has 1 saturated heterocycles. The molecular formula is C20H32O4. The Kier molecular flexibility index (Phi) is 5.92. The van der Waals surface area contributed by atoms with Crippen molar-refractivity contribution in [1.82, 2.24) is 0 Å². The molecular weight excluding hydrogens is 304 g/mol. The first-order valence-electron chi connectivity index (χ1n) is 9.05. The molecule has 1 heterocycles. The van der Waals surface area contributed by atoms with Gasteiger partial charge in [-0.05, 0) is 46.5 Å². The maximum absolute atomic E-state index is 12.3. The molecule has 5 atom stereocenters. The second-order valence-electron chi connectivity index (χ2n) is 7.87. The van der Waals surface area contributed by atoms with Crippen LogP contribution in [0, 0.1) is 11.8 Å². The molecule has 0 bridgehead atoms. The first kappa shape index (κ1) is 19.2. The number of aliphatic hydroxyl groups excluding tert-OH is 1. The van der Waals surface area contributed by atoms with Gasteiger partial charge in [0.05, 0.1) is 11.7 Å². The third-order valence-corrected chi connectivity index (χ3v) is 5.51. The van der Waals surface area contributed by atoms with Gasteiger partial charge in [-0.25, -0.2) is 4.79 Å². The monoisotopic (exact) mass is 336 g/mol. The van der Waals surface area contributed by atoms with Gasteiger partial charge in [0.25, 0.3) is 0 Å². The van der Waals surface area contributed by atoms with Crippen LogP contribution in [0.5, 0.6) is 0 Å². The van der Waals surface area contributed by atoms with Crippen LogP contribution in [0.15, 0.2) is 23.3 Å². The molecule has 0 radical (unpaired) electrons. The third kappa shape index (κ3) is 4.09. The molecule has 1 aliphatic heterocycles. The number of carbonyl (C=O) groups excluding carboxylic acids is 1. The highest BCUT2D eigenvalue weighted by molar-refractivity contribution is 5.87. The molecule has 4 nitrogen and oxygen atoms in total. The summed E-state index contributed by atoms with van der Waals surface area (Å²) in [6.07, 6.45) is 5.34. The Labute approximate surface area is 145 Å². The molecule has 0 saturated carbocycles. The predicted molar refractivity (Wildman–Crippen MR) is 94.5 cm³/mol. The lowest BCUT2D eigenvalue weighted by molar-refractivity contribution is -0.151. The topological polar surface area (TPSA) is 59.1 Å². The van der Waals surface area contributed by atoms with E-state index >= 15 is 0 Å². The van der Waals surface area contributed by atoms with Crippen molar-refractivity contribution in [1.29, 1.82) is 0 Å². The summed E-state index contributed by atoms with van der Waals surface area (Å²) in [6.45, 7) is 11.9. The number of hydrogen-bond donors (Lipinski definition) is 1. The van der Waals surface area contributed by atoms with Crippen LogP contribution in [0.4, 0.5) is 0 Å². The molecule has 136 valence electrons. The SMILES string of the molecule is C/C=C(/C)C(=O)O[C@H]1C/C(C)=C/CC[C@]2(C)O[C@@H]2[C@H](O)[C@@H]1C(C)C. The minimum absolute atomic E-state index is 0.146. The summed E-state index contributed by atoms with van der Waals surface area (Å²) in [5.41, 5.74) is 1.54. The Morgan fingerprint density at radius 1 is 1.50 bits per heavy atom. The number of carbonyl (C=O) groups is 1. The summed E-state index contributed by atoms with van der Waals surface area (Å²) >= 11 is 0. The van der Waals surface area contributed by atoms with Crippen molar-refractivity contribution < 1.29 is 19.4 Å².